The molecule has 0 saturated heterocycles. The molecule has 0 radical (unpaired) electrons. The van der Waals surface area contributed by atoms with Crippen LogP contribution in [0.15, 0.2) is 0 Å². The molecule has 0 bridgehead atoms. The second kappa shape index (κ2) is 5.49. The van der Waals surface area contributed by atoms with Crippen LogP contribution in [-0.2, 0) is 9.59 Å². The minimum absolute atomic E-state index is 0.000766. The summed E-state index contributed by atoms with van der Waals surface area (Å²) < 4.78 is 0. The van der Waals surface area contributed by atoms with E-state index in [2.05, 4.69) is 5.32 Å². The van der Waals surface area contributed by atoms with Crippen LogP contribution in [-0.4, -0.2) is 29.6 Å². The van der Waals surface area contributed by atoms with Gasteiger partial charge in [0.15, 0.2) is 0 Å². The van der Waals surface area contributed by atoms with Gasteiger partial charge in [-0.25, -0.2) is 0 Å². The van der Waals surface area contributed by atoms with Crippen molar-refractivity contribution in [3.05, 3.63) is 0 Å². The van der Waals surface area contributed by atoms with Crippen LogP contribution in [0.3, 0.4) is 0 Å². The average Bonchev–Trinajstić information content (AvgIpc) is 3.10. The highest BCUT2D eigenvalue weighted by molar-refractivity contribution is 5.83. The monoisotopic (exact) mass is 242 g/mol. The van der Waals surface area contributed by atoms with Gasteiger partial charge >= 0.3 is 5.97 Å². The molecule has 5 nitrogen and oxygen atoms in total. The molecule has 1 amide bonds. The summed E-state index contributed by atoms with van der Waals surface area (Å²) in [7, 11) is 0. The van der Waals surface area contributed by atoms with Crippen LogP contribution in [0.4, 0.5) is 0 Å². The number of carbonyl (C=O) groups excluding carboxylic acids is 1. The van der Waals surface area contributed by atoms with Crippen molar-refractivity contribution in [2.24, 2.45) is 17.1 Å². The Morgan fingerprint density at radius 1 is 1.53 bits per heavy atom. The lowest BCUT2D eigenvalue weighted by Crippen LogP contribution is -2.48. The molecule has 98 valence electrons. The second-order valence-electron chi connectivity index (χ2n) is 5.13. The first-order valence-corrected chi connectivity index (χ1v) is 6.15. The summed E-state index contributed by atoms with van der Waals surface area (Å²) in [5.74, 6) is -0.664. The van der Waals surface area contributed by atoms with Gasteiger partial charge in [-0.3, -0.25) is 9.59 Å². The maximum Gasteiger partial charge on any atom is 0.305 e. The third kappa shape index (κ3) is 3.70. The highest BCUT2D eigenvalue weighted by Gasteiger charge is 2.37. The van der Waals surface area contributed by atoms with E-state index >= 15 is 0 Å². The molecule has 0 heterocycles. The topological polar surface area (TPSA) is 92.4 Å². The lowest BCUT2D eigenvalue weighted by Gasteiger charge is -2.28. The van der Waals surface area contributed by atoms with E-state index < -0.39 is 11.4 Å². The number of carbonyl (C=O) groups is 2. The third-order valence-electron chi connectivity index (χ3n) is 3.68. The summed E-state index contributed by atoms with van der Waals surface area (Å²) >= 11 is 0. The molecule has 0 aromatic rings. The molecule has 0 aromatic carbocycles. The molecule has 1 aliphatic carbocycles. The van der Waals surface area contributed by atoms with Gasteiger partial charge in [0, 0.05) is 12.6 Å². The van der Waals surface area contributed by atoms with Crippen LogP contribution in [0.2, 0.25) is 0 Å². The van der Waals surface area contributed by atoms with Gasteiger partial charge in [0.2, 0.25) is 5.91 Å². The first-order valence-electron chi connectivity index (χ1n) is 6.15. The van der Waals surface area contributed by atoms with E-state index in [1.165, 1.54) is 0 Å². The van der Waals surface area contributed by atoms with Crippen molar-refractivity contribution < 1.29 is 14.7 Å². The van der Waals surface area contributed by atoms with Crippen molar-refractivity contribution in [2.45, 2.75) is 45.6 Å². The fourth-order valence-corrected chi connectivity index (χ4v) is 1.76. The van der Waals surface area contributed by atoms with Crippen molar-refractivity contribution in [1.82, 2.24) is 5.32 Å². The number of carboxylic acid groups (broad SMARTS) is 1. The van der Waals surface area contributed by atoms with Crippen LogP contribution >= 0.6 is 0 Å². The van der Waals surface area contributed by atoms with E-state index in [1.807, 2.05) is 13.8 Å². The quantitative estimate of drug-likeness (QED) is 0.613. The number of hydrogen-bond donors (Lipinski definition) is 3. The Labute approximate surface area is 102 Å². The number of nitrogens with two attached hydrogens (primary N) is 1. The van der Waals surface area contributed by atoms with E-state index in [1.54, 1.807) is 0 Å². The van der Waals surface area contributed by atoms with Gasteiger partial charge in [0.1, 0.15) is 0 Å². The van der Waals surface area contributed by atoms with Gasteiger partial charge in [0.05, 0.1) is 11.8 Å². The largest absolute Gasteiger partial charge is 0.481 e. The lowest BCUT2D eigenvalue weighted by atomic mass is 9.86. The maximum absolute atomic E-state index is 12.1. The zero-order valence-corrected chi connectivity index (χ0v) is 10.5. The summed E-state index contributed by atoms with van der Waals surface area (Å²) in [4.78, 5) is 22.8. The fraction of sp³-hybridized carbons (Fsp3) is 0.833. The van der Waals surface area contributed by atoms with Crippen LogP contribution in [0.1, 0.15) is 39.5 Å². The smallest absolute Gasteiger partial charge is 0.305 e. The first kappa shape index (κ1) is 14.0. The zero-order chi connectivity index (χ0) is 13.1. The molecule has 2 atom stereocenters. The highest BCUT2D eigenvalue weighted by Crippen LogP contribution is 2.34. The summed E-state index contributed by atoms with van der Waals surface area (Å²) in [6.45, 7) is 4.00. The number of rotatable bonds is 7. The predicted molar refractivity (Wildman–Crippen MR) is 64.4 cm³/mol. The van der Waals surface area contributed by atoms with E-state index in [9.17, 15) is 9.59 Å². The minimum atomic E-state index is -0.867. The van der Waals surface area contributed by atoms with Crippen molar-refractivity contribution >= 4 is 11.9 Å². The number of carboxylic acids is 1. The standard InChI is InChI=1S/C12H22N2O3/c1-3-12(2,7-13)11(17)14-9(6-10(15)16)8-4-5-8/h8-9H,3-7,13H2,1-2H3,(H,14,17)(H,15,16). The number of aliphatic carboxylic acids is 1. The number of hydrogen-bond acceptors (Lipinski definition) is 3. The van der Waals surface area contributed by atoms with Gasteiger partial charge in [-0.1, -0.05) is 6.92 Å². The molecule has 0 aromatic heterocycles. The van der Waals surface area contributed by atoms with Gasteiger partial charge < -0.3 is 16.2 Å². The molecule has 1 rings (SSSR count). The molecule has 4 N–H and O–H groups in total. The average molecular weight is 242 g/mol. The lowest BCUT2D eigenvalue weighted by molar-refractivity contribution is -0.138. The Morgan fingerprint density at radius 2 is 2.12 bits per heavy atom. The van der Waals surface area contributed by atoms with Crippen molar-refractivity contribution in [1.29, 1.82) is 0 Å². The highest BCUT2D eigenvalue weighted by atomic mass is 16.4. The molecule has 0 aliphatic heterocycles. The number of amides is 1. The molecular weight excluding hydrogens is 220 g/mol. The molecule has 0 spiro atoms. The molecular formula is C12H22N2O3. The Kier molecular flexibility index (Phi) is 4.51. The fourth-order valence-electron chi connectivity index (χ4n) is 1.76. The van der Waals surface area contributed by atoms with Crippen LogP contribution in [0.25, 0.3) is 0 Å². The van der Waals surface area contributed by atoms with E-state index in [4.69, 9.17) is 10.8 Å². The molecule has 5 heteroatoms. The van der Waals surface area contributed by atoms with Crippen molar-refractivity contribution in [3.63, 3.8) is 0 Å². The molecule has 1 aliphatic rings. The maximum atomic E-state index is 12.1. The summed E-state index contributed by atoms with van der Waals surface area (Å²) in [5.41, 5.74) is 5.02. The van der Waals surface area contributed by atoms with Gasteiger partial charge in [-0.15, -0.1) is 0 Å². The Hall–Kier alpha value is -1.10. The van der Waals surface area contributed by atoms with Crippen molar-refractivity contribution in [2.75, 3.05) is 6.54 Å². The Balaban J connectivity index is 2.60. The van der Waals surface area contributed by atoms with Crippen molar-refractivity contribution in [3.8, 4) is 0 Å². The van der Waals surface area contributed by atoms with Crippen LogP contribution in [0, 0.1) is 11.3 Å². The number of nitrogens with one attached hydrogen (secondary N) is 1. The predicted octanol–water partition coefficient (Wildman–Crippen LogP) is 0.731. The summed E-state index contributed by atoms with van der Waals surface area (Å²) in [5, 5.41) is 11.7. The SMILES string of the molecule is CCC(C)(CN)C(=O)NC(CC(=O)O)C1CC1. The normalized spacial score (nSPS) is 20.4. The van der Waals surface area contributed by atoms with Gasteiger partial charge in [0.25, 0.3) is 0 Å². The summed E-state index contributed by atoms with van der Waals surface area (Å²) in [6.07, 6.45) is 2.66. The first-order chi connectivity index (χ1) is 7.92. The van der Waals surface area contributed by atoms with Crippen LogP contribution < -0.4 is 11.1 Å². The second-order valence-corrected chi connectivity index (χ2v) is 5.13. The molecule has 17 heavy (non-hydrogen) atoms. The van der Waals surface area contributed by atoms with E-state index in [-0.39, 0.29) is 24.9 Å². The zero-order valence-electron chi connectivity index (χ0n) is 10.5. The summed E-state index contributed by atoms with van der Waals surface area (Å²) in [6, 6.07) is -0.238. The molecule has 2 unspecified atom stereocenters. The van der Waals surface area contributed by atoms with E-state index in [0.717, 1.165) is 12.8 Å². The third-order valence-corrected chi connectivity index (χ3v) is 3.68. The van der Waals surface area contributed by atoms with Gasteiger partial charge in [-0.2, -0.15) is 0 Å². The minimum Gasteiger partial charge on any atom is -0.481 e. The van der Waals surface area contributed by atoms with Gasteiger partial charge in [-0.05, 0) is 32.1 Å². The van der Waals surface area contributed by atoms with E-state index in [0.29, 0.717) is 12.3 Å². The Bertz CT molecular complexity index is 296. The van der Waals surface area contributed by atoms with Crippen LogP contribution in [0.5, 0.6) is 0 Å². The Morgan fingerprint density at radius 3 is 2.47 bits per heavy atom. The molecule has 1 fully saturated rings. The molecule has 1 saturated carbocycles.